The van der Waals surface area contributed by atoms with Crippen LogP contribution in [0.3, 0.4) is 0 Å². The van der Waals surface area contributed by atoms with Crippen LogP contribution in [0.1, 0.15) is 30.6 Å². The molecule has 0 aromatic carbocycles. The van der Waals surface area contributed by atoms with E-state index in [0.717, 1.165) is 6.54 Å². The Labute approximate surface area is 114 Å². The summed E-state index contributed by atoms with van der Waals surface area (Å²) in [5, 5.41) is 0. The number of carbonyl (C=O) groups excluding carboxylic acids is 1. The van der Waals surface area contributed by atoms with Gasteiger partial charge in [-0.3, -0.25) is 4.79 Å². The molecule has 0 aliphatic heterocycles. The van der Waals surface area contributed by atoms with Crippen LogP contribution in [-0.4, -0.2) is 49.2 Å². The second kappa shape index (κ2) is 7.86. The van der Waals surface area contributed by atoms with Crippen molar-refractivity contribution in [2.24, 2.45) is 0 Å². The SMILES string of the molecule is CC(C)OCOc1cc(C(=O)CCN(C)C)ccn1. The van der Waals surface area contributed by atoms with Crippen LogP contribution < -0.4 is 4.74 Å². The highest BCUT2D eigenvalue weighted by Gasteiger charge is 2.08. The molecule has 1 aromatic rings. The molecule has 106 valence electrons. The summed E-state index contributed by atoms with van der Waals surface area (Å²) in [4.78, 5) is 18.0. The highest BCUT2D eigenvalue weighted by Crippen LogP contribution is 2.11. The van der Waals surface area contributed by atoms with Gasteiger partial charge in [-0.05, 0) is 34.0 Å². The molecule has 0 spiro atoms. The van der Waals surface area contributed by atoms with Gasteiger partial charge < -0.3 is 14.4 Å². The van der Waals surface area contributed by atoms with E-state index in [4.69, 9.17) is 9.47 Å². The zero-order chi connectivity index (χ0) is 14.3. The van der Waals surface area contributed by atoms with Gasteiger partial charge in [-0.2, -0.15) is 0 Å². The number of nitrogens with zero attached hydrogens (tertiary/aromatic N) is 2. The van der Waals surface area contributed by atoms with Gasteiger partial charge in [0.2, 0.25) is 5.88 Å². The Bertz CT molecular complexity index is 405. The van der Waals surface area contributed by atoms with Crippen molar-refractivity contribution in [2.45, 2.75) is 26.4 Å². The fourth-order valence-corrected chi connectivity index (χ4v) is 1.36. The van der Waals surface area contributed by atoms with Crippen molar-refractivity contribution >= 4 is 5.78 Å². The Morgan fingerprint density at radius 2 is 2.16 bits per heavy atom. The molecule has 0 aliphatic rings. The molecule has 0 fully saturated rings. The molecule has 5 nitrogen and oxygen atoms in total. The molecule has 0 unspecified atom stereocenters. The molecular formula is C14H22N2O3. The number of hydrogen-bond donors (Lipinski definition) is 0. The maximum Gasteiger partial charge on any atom is 0.216 e. The molecule has 0 aliphatic carbocycles. The summed E-state index contributed by atoms with van der Waals surface area (Å²) in [6.45, 7) is 4.73. The first-order valence-electron chi connectivity index (χ1n) is 6.37. The molecule has 0 saturated heterocycles. The zero-order valence-corrected chi connectivity index (χ0v) is 12.0. The standard InChI is InChI=1S/C14H22N2O3/c1-11(2)18-10-19-14-9-12(5-7-15-14)13(17)6-8-16(3)4/h5,7,9,11H,6,8,10H2,1-4H3. The van der Waals surface area contributed by atoms with Crippen LogP contribution in [0.25, 0.3) is 0 Å². The number of pyridine rings is 1. The maximum absolute atomic E-state index is 11.9. The van der Waals surface area contributed by atoms with Crippen molar-refractivity contribution in [3.05, 3.63) is 23.9 Å². The molecule has 0 saturated carbocycles. The van der Waals surface area contributed by atoms with E-state index in [0.29, 0.717) is 17.9 Å². The van der Waals surface area contributed by atoms with Gasteiger partial charge in [0.25, 0.3) is 0 Å². The smallest absolute Gasteiger partial charge is 0.216 e. The monoisotopic (exact) mass is 266 g/mol. The average Bonchev–Trinajstić information content (AvgIpc) is 2.36. The topological polar surface area (TPSA) is 51.7 Å². The molecule has 19 heavy (non-hydrogen) atoms. The van der Waals surface area contributed by atoms with Gasteiger partial charge in [-0.25, -0.2) is 4.98 Å². The summed E-state index contributed by atoms with van der Waals surface area (Å²) < 4.78 is 10.6. The number of carbonyl (C=O) groups is 1. The highest BCUT2D eigenvalue weighted by molar-refractivity contribution is 5.96. The molecule has 5 heteroatoms. The third kappa shape index (κ3) is 6.31. The summed E-state index contributed by atoms with van der Waals surface area (Å²) in [6.07, 6.45) is 2.16. The summed E-state index contributed by atoms with van der Waals surface area (Å²) in [5.74, 6) is 0.502. The molecule has 0 N–H and O–H groups in total. The Hall–Kier alpha value is -1.46. The number of aromatic nitrogens is 1. The van der Waals surface area contributed by atoms with E-state index in [9.17, 15) is 4.79 Å². The van der Waals surface area contributed by atoms with Crippen molar-refractivity contribution < 1.29 is 14.3 Å². The molecule has 1 rings (SSSR count). The van der Waals surface area contributed by atoms with Gasteiger partial charge >= 0.3 is 0 Å². The maximum atomic E-state index is 11.9. The van der Waals surface area contributed by atoms with Crippen molar-refractivity contribution in [1.29, 1.82) is 0 Å². The van der Waals surface area contributed by atoms with E-state index in [-0.39, 0.29) is 18.7 Å². The van der Waals surface area contributed by atoms with Gasteiger partial charge in [0, 0.05) is 30.8 Å². The molecular weight excluding hydrogens is 244 g/mol. The number of hydrogen-bond acceptors (Lipinski definition) is 5. The largest absolute Gasteiger partial charge is 0.451 e. The minimum Gasteiger partial charge on any atom is -0.451 e. The molecule has 0 amide bonds. The van der Waals surface area contributed by atoms with Crippen LogP contribution >= 0.6 is 0 Å². The van der Waals surface area contributed by atoms with Gasteiger partial charge in [-0.15, -0.1) is 0 Å². The fourth-order valence-electron chi connectivity index (χ4n) is 1.36. The Morgan fingerprint density at radius 3 is 2.79 bits per heavy atom. The quantitative estimate of drug-likeness (QED) is 0.532. The van der Waals surface area contributed by atoms with Gasteiger partial charge in [0.05, 0.1) is 6.10 Å². The summed E-state index contributed by atoms with van der Waals surface area (Å²) in [6, 6.07) is 3.36. The first kappa shape index (κ1) is 15.6. The number of ketones is 1. The highest BCUT2D eigenvalue weighted by atomic mass is 16.7. The number of Topliss-reactive ketones (excluding diaryl/α,β-unsaturated/α-hetero) is 1. The molecule has 1 heterocycles. The van der Waals surface area contributed by atoms with Crippen molar-refractivity contribution in [1.82, 2.24) is 9.88 Å². The lowest BCUT2D eigenvalue weighted by Crippen LogP contribution is -2.16. The normalized spacial score (nSPS) is 11.1. The molecule has 1 aromatic heterocycles. The van der Waals surface area contributed by atoms with E-state index < -0.39 is 0 Å². The lowest BCUT2D eigenvalue weighted by atomic mass is 10.1. The van der Waals surface area contributed by atoms with E-state index in [1.165, 1.54) is 0 Å². The predicted molar refractivity (Wildman–Crippen MR) is 73.5 cm³/mol. The Kier molecular flexibility index (Phi) is 6.45. The van der Waals surface area contributed by atoms with Crippen LogP contribution in [0.15, 0.2) is 18.3 Å². The Balaban J connectivity index is 2.53. The van der Waals surface area contributed by atoms with Crippen molar-refractivity contribution in [3.8, 4) is 5.88 Å². The summed E-state index contributed by atoms with van der Waals surface area (Å²) in [7, 11) is 3.88. The lowest BCUT2D eigenvalue weighted by Gasteiger charge is -2.10. The van der Waals surface area contributed by atoms with Crippen LogP contribution in [0.4, 0.5) is 0 Å². The van der Waals surface area contributed by atoms with Crippen molar-refractivity contribution in [3.63, 3.8) is 0 Å². The van der Waals surface area contributed by atoms with E-state index in [1.807, 2.05) is 32.8 Å². The van der Waals surface area contributed by atoms with Gasteiger partial charge in [-0.1, -0.05) is 0 Å². The molecule has 0 radical (unpaired) electrons. The summed E-state index contributed by atoms with van der Waals surface area (Å²) in [5.41, 5.74) is 0.622. The first-order valence-corrected chi connectivity index (χ1v) is 6.37. The predicted octanol–water partition coefficient (Wildman–Crippen LogP) is 1.98. The lowest BCUT2D eigenvalue weighted by molar-refractivity contribution is -0.0220. The van der Waals surface area contributed by atoms with E-state index >= 15 is 0 Å². The average molecular weight is 266 g/mol. The number of ether oxygens (including phenoxy) is 2. The van der Waals surface area contributed by atoms with Crippen LogP contribution in [0.5, 0.6) is 5.88 Å². The summed E-state index contributed by atoms with van der Waals surface area (Å²) >= 11 is 0. The van der Waals surface area contributed by atoms with Gasteiger partial charge in [0.1, 0.15) is 0 Å². The third-order valence-electron chi connectivity index (χ3n) is 2.45. The second-order valence-corrected chi connectivity index (χ2v) is 4.84. The minimum absolute atomic E-state index is 0.0886. The minimum atomic E-state index is 0.0886. The second-order valence-electron chi connectivity index (χ2n) is 4.84. The van der Waals surface area contributed by atoms with Crippen LogP contribution in [0.2, 0.25) is 0 Å². The zero-order valence-electron chi connectivity index (χ0n) is 12.0. The molecule has 0 atom stereocenters. The molecule has 0 bridgehead atoms. The first-order chi connectivity index (χ1) is 8.99. The number of rotatable bonds is 8. The fraction of sp³-hybridized carbons (Fsp3) is 0.571. The van der Waals surface area contributed by atoms with E-state index in [1.54, 1.807) is 18.3 Å². The van der Waals surface area contributed by atoms with Crippen LogP contribution in [0, 0.1) is 0 Å². The van der Waals surface area contributed by atoms with Crippen LogP contribution in [-0.2, 0) is 4.74 Å². The van der Waals surface area contributed by atoms with Gasteiger partial charge in [0.15, 0.2) is 12.6 Å². The van der Waals surface area contributed by atoms with E-state index in [2.05, 4.69) is 4.98 Å². The third-order valence-corrected chi connectivity index (χ3v) is 2.45. The van der Waals surface area contributed by atoms with Crippen molar-refractivity contribution in [2.75, 3.05) is 27.4 Å². The Morgan fingerprint density at radius 1 is 1.42 bits per heavy atom.